The lowest BCUT2D eigenvalue weighted by molar-refractivity contribution is -0.116. The molecule has 1 aromatic heterocycles. The van der Waals surface area contributed by atoms with Crippen LogP contribution in [0.3, 0.4) is 0 Å². The Labute approximate surface area is 187 Å². The molecule has 0 spiro atoms. The van der Waals surface area contributed by atoms with Crippen molar-refractivity contribution < 1.29 is 13.2 Å². The molecular formula is C23H27N3O3S2. The standard InChI is InChI=1S/C23H27N3O3S2/c27-22(13-8-14-23-25-20-11-3-4-12-21(20)30-23)24-18-9-7-10-19(17-18)31(28,29)26-15-5-1-2-6-16-26/h3-4,7,9-12,17H,1-2,5-6,8,13-16H2,(H,24,27). The van der Waals surface area contributed by atoms with Crippen molar-refractivity contribution in [3.63, 3.8) is 0 Å². The average Bonchev–Trinajstić information content (AvgIpc) is 2.97. The molecule has 0 saturated carbocycles. The van der Waals surface area contributed by atoms with Crippen molar-refractivity contribution in [1.82, 2.24) is 9.29 Å². The predicted molar refractivity (Wildman–Crippen MR) is 125 cm³/mol. The van der Waals surface area contributed by atoms with E-state index >= 15 is 0 Å². The van der Waals surface area contributed by atoms with Crippen LogP contribution in [0, 0.1) is 0 Å². The first kappa shape index (κ1) is 21.9. The van der Waals surface area contributed by atoms with Gasteiger partial charge in [-0.15, -0.1) is 11.3 Å². The number of anilines is 1. The molecule has 1 N–H and O–H groups in total. The minimum Gasteiger partial charge on any atom is -0.326 e. The highest BCUT2D eigenvalue weighted by Gasteiger charge is 2.25. The second-order valence-electron chi connectivity index (χ2n) is 7.82. The zero-order chi connectivity index (χ0) is 21.7. The van der Waals surface area contributed by atoms with Gasteiger partial charge in [0.1, 0.15) is 0 Å². The molecule has 1 saturated heterocycles. The van der Waals surface area contributed by atoms with Crippen LogP contribution in [-0.4, -0.2) is 36.7 Å². The van der Waals surface area contributed by atoms with Crippen LogP contribution in [0.15, 0.2) is 53.4 Å². The molecule has 2 aromatic carbocycles. The monoisotopic (exact) mass is 457 g/mol. The van der Waals surface area contributed by atoms with Crippen molar-refractivity contribution in [2.75, 3.05) is 18.4 Å². The molecule has 0 aliphatic carbocycles. The topological polar surface area (TPSA) is 79.4 Å². The number of carbonyl (C=O) groups is 1. The molecule has 31 heavy (non-hydrogen) atoms. The Hall–Kier alpha value is -2.29. The number of hydrogen-bond donors (Lipinski definition) is 1. The van der Waals surface area contributed by atoms with Crippen molar-refractivity contribution in [1.29, 1.82) is 0 Å². The highest BCUT2D eigenvalue weighted by atomic mass is 32.2. The van der Waals surface area contributed by atoms with Gasteiger partial charge in [-0.05, 0) is 56.0 Å². The fourth-order valence-corrected chi connectivity index (χ4v) is 6.39. The van der Waals surface area contributed by atoms with Crippen molar-refractivity contribution in [3.05, 3.63) is 53.5 Å². The highest BCUT2D eigenvalue weighted by Crippen LogP contribution is 2.24. The fourth-order valence-electron chi connectivity index (χ4n) is 3.82. The number of nitrogens with zero attached hydrogens (tertiary/aromatic N) is 2. The van der Waals surface area contributed by atoms with E-state index in [1.54, 1.807) is 39.9 Å². The summed E-state index contributed by atoms with van der Waals surface area (Å²) in [5, 5.41) is 3.87. The zero-order valence-corrected chi connectivity index (χ0v) is 19.1. The van der Waals surface area contributed by atoms with Gasteiger partial charge in [-0.2, -0.15) is 4.31 Å². The summed E-state index contributed by atoms with van der Waals surface area (Å²) in [4.78, 5) is 17.2. The van der Waals surface area contributed by atoms with Gasteiger partial charge < -0.3 is 5.32 Å². The SMILES string of the molecule is O=C(CCCc1nc2ccccc2s1)Nc1cccc(S(=O)(=O)N2CCCCCC2)c1. The van der Waals surface area contributed by atoms with Crippen molar-refractivity contribution >= 4 is 43.2 Å². The summed E-state index contributed by atoms with van der Waals surface area (Å²) < 4.78 is 28.7. The van der Waals surface area contributed by atoms with Crippen LogP contribution in [-0.2, 0) is 21.2 Å². The van der Waals surface area contributed by atoms with Crippen LogP contribution in [0.5, 0.6) is 0 Å². The van der Waals surface area contributed by atoms with Crippen LogP contribution < -0.4 is 5.32 Å². The lowest BCUT2D eigenvalue weighted by atomic mass is 10.2. The molecule has 8 heteroatoms. The summed E-state index contributed by atoms with van der Waals surface area (Å²) in [6.45, 7) is 1.12. The first-order valence-electron chi connectivity index (χ1n) is 10.8. The second-order valence-corrected chi connectivity index (χ2v) is 10.9. The van der Waals surface area contributed by atoms with Crippen molar-refractivity contribution in [3.8, 4) is 0 Å². The van der Waals surface area contributed by atoms with E-state index in [2.05, 4.69) is 16.4 Å². The molecule has 6 nitrogen and oxygen atoms in total. The quantitative estimate of drug-likeness (QED) is 0.551. The van der Waals surface area contributed by atoms with E-state index in [-0.39, 0.29) is 10.8 Å². The molecule has 1 aliphatic heterocycles. The summed E-state index contributed by atoms with van der Waals surface area (Å²) in [6.07, 6.45) is 5.72. The average molecular weight is 458 g/mol. The summed E-state index contributed by atoms with van der Waals surface area (Å²) in [7, 11) is -3.53. The molecule has 0 radical (unpaired) electrons. The Morgan fingerprint density at radius 2 is 1.81 bits per heavy atom. The highest BCUT2D eigenvalue weighted by molar-refractivity contribution is 7.89. The van der Waals surface area contributed by atoms with Crippen molar-refractivity contribution in [2.45, 2.75) is 49.8 Å². The number of benzene rings is 2. The Kier molecular flexibility index (Phi) is 6.99. The summed E-state index contributed by atoms with van der Waals surface area (Å²) in [5.74, 6) is -0.120. The van der Waals surface area contributed by atoms with Crippen LogP contribution in [0.4, 0.5) is 5.69 Å². The summed E-state index contributed by atoms with van der Waals surface area (Å²) in [6, 6.07) is 14.6. The van der Waals surface area contributed by atoms with E-state index in [9.17, 15) is 13.2 Å². The number of nitrogens with one attached hydrogen (secondary N) is 1. The number of sulfonamides is 1. The van der Waals surface area contributed by atoms with E-state index in [4.69, 9.17) is 0 Å². The van der Waals surface area contributed by atoms with E-state index in [0.29, 0.717) is 31.6 Å². The number of para-hydroxylation sites is 1. The Balaban J connectivity index is 1.34. The number of amides is 1. The van der Waals surface area contributed by atoms with Gasteiger partial charge in [0.2, 0.25) is 15.9 Å². The Morgan fingerprint density at radius 1 is 1.03 bits per heavy atom. The third-order valence-corrected chi connectivity index (χ3v) is 8.44. The van der Waals surface area contributed by atoms with E-state index < -0.39 is 10.0 Å². The smallest absolute Gasteiger partial charge is 0.243 e. The molecule has 0 unspecified atom stereocenters. The molecular weight excluding hydrogens is 430 g/mol. The third kappa shape index (κ3) is 5.50. The maximum atomic E-state index is 13.0. The Bertz CT molecular complexity index is 1120. The van der Waals surface area contributed by atoms with Gasteiger partial charge in [0, 0.05) is 25.2 Å². The molecule has 1 aliphatic rings. The third-order valence-electron chi connectivity index (χ3n) is 5.45. The minimum atomic E-state index is -3.53. The number of hydrogen-bond acceptors (Lipinski definition) is 5. The largest absolute Gasteiger partial charge is 0.326 e. The molecule has 3 aromatic rings. The number of fused-ring (bicyclic) bond motifs is 1. The van der Waals surface area contributed by atoms with E-state index in [0.717, 1.165) is 47.3 Å². The van der Waals surface area contributed by atoms with Gasteiger partial charge in [-0.3, -0.25) is 4.79 Å². The van der Waals surface area contributed by atoms with Crippen LogP contribution in [0.25, 0.3) is 10.2 Å². The molecule has 2 heterocycles. The molecule has 4 rings (SSSR count). The Morgan fingerprint density at radius 3 is 2.58 bits per heavy atom. The van der Waals surface area contributed by atoms with E-state index in [1.807, 2.05) is 18.2 Å². The van der Waals surface area contributed by atoms with Crippen LogP contribution >= 0.6 is 11.3 Å². The van der Waals surface area contributed by atoms with Gasteiger partial charge >= 0.3 is 0 Å². The molecule has 1 fully saturated rings. The number of aromatic nitrogens is 1. The van der Waals surface area contributed by atoms with Crippen LogP contribution in [0.1, 0.15) is 43.5 Å². The van der Waals surface area contributed by atoms with Crippen LogP contribution in [0.2, 0.25) is 0 Å². The van der Waals surface area contributed by atoms with Gasteiger partial charge in [-0.25, -0.2) is 13.4 Å². The maximum Gasteiger partial charge on any atom is 0.243 e. The van der Waals surface area contributed by atoms with E-state index in [1.165, 1.54) is 0 Å². The molecule has 0 bridgehead atoms. The molecule has 164 valence electrons. The van der Waals surface area contributed by atoms with Gasteiger partial charge in [0.05, 0.1) is 20.1 Å². The minimum absolute atomic E-state index is 0.120. The second kappa shape index (κ2) is 9.89. The van der Waals surface area contributed by atoms with Gasteiger partial charge in [0.15, 0.2) is 0 Å². The van der Waals surface area contributed by atoms with Crippen molar-refractivity contribution in [2.24, 2.45) is 0 Å². The number of carbonyl (C=O) groups excluding carboxylic acids is 1. The fraction of sp³-hybridized carbons (Fsp3) is 0.391. The number of rotatable bonds is 7. The normalized spacial score (nSPS) is 15.6. The predicted octanol–water partition coefficient (Wildman–Crippen LogP) is 4.82. The summed E-state index contributed by atoms with van der Waals surface area (Å²) >= 11 is 1.66. The lowest BCUT2D eigenvalue weighted by Crippen LogP contribution is -2.32. The first-order chi connectivity index (χ1) is 15.0. The maximum absolute atomic E-state index is 13.0. The lowest BCUT2D eigenvalue weighted by Gasteiger charge is -2.20. The zero-order valence-electron chi connectivity index (χ0n) is 17.4. The molecule has 1 amide bonds. The first-order valence-corrected chi connectivity index (χ1v) is 13.0. The summed E-state index contributed by atoms with van der Waals surface area (Å²) in [5.41, 5.74) is 1.51. The van der Waals surface area contributed by atoms with Gasteiger partial charge in [-0.1, -0.05) is 31.0 Å². The molecule has 0 atom stereocenters. The number of aryl methyl sites for hydroxylation is 1. The van der Waals surface area contributed by atoms with Gasteiger partial charge in [0.25, 0.3) is 0 Å². The number of thiazole rings is 1.